The van der Waals surface area contributed by atoms with Gasteiger partial charge in [0, 0.05) is 10.4 Å². The second kappa shape index (κ2) is 6.87. The molecule has 0 aliphatic carbocycles. The highest BCUT2D eigenvalue weighted by atomic mass is 32.1. The van der Waals surface area contributed by atoms with Gasteiger partial charge < -0.3 is 5.32 Å². The zero-order valence-electron chi connectivity index (χ0n) is 14.5. The van der Waals surface area contributed by atoms with Gasteiger partial charge in [0.2, 0.25) is 0 Å². The molecule has 142 valence electrons. The van der Waals surface area contributed by atoms with E-state index in [1.165, 1.54) is 48.0 Å². The monoisotopic (exact) mass is 403 g/mol. The Morgan fingerprint density at radius 1 is 0.964 bits per heavy atom. The van der Waals surface area contributed by atoms with E-state index in [-0.39, 0.29) is 17.3 Å². The Kier molecular flexibility index (Phi) is 4.50. The number of anilines is 2. The molecule has 4 aromatic rings. The van der Waals surface area contributed by atoms with Crippen molar-refractivity contribution in [2.24, 2.45) is 0 Å². The van der Waals surface area contributed by atoms with Crippen LogP contribution in [0.5, 0.6) is 0 Å². The normalized spacial score (nSPS) is 11.8. The van der Waals surface area contributed by atoms with Gasteiger partial charge in [0.05, 0.1) is 16.6 Å². The molecule has 2 aromatic carbocycles. The molecule has 0 aliphatic heterocycles. The summed E-state index contributed by atoms with van der Waals surface area (Å²) < 4.78 is 53.4. The average Bonchev–Trinajstić information content (AvgIpc) is 2.99. The van der Waals surface area contributed by atoms with Gasteiger partial charge in [-0.3, -0.25) is 0 Å². The van der Waals surface area contributed by atoms with E-state index in [0.717, 1.165) is 22.1 Å². The first-order valence-corrected chi connectivity index (χ1v) is 9.09. The molecule has 1 N–H and O–H groups in total. The predicted molar refractivity (Wildman–Crippen MR) is 102 cm³/mol. The van der Waals surface area contributed by atoms with Crippen LogP contribution in [0.2, 0.25) is 0 Å². The summed E-state index contributed by atoms with van der Waals surface area (Å²) in [5, 5.41) is 3.42. The summed E-state index contributed by atoms with van der Waals surface area (Å²) in [6.45, 7) is 1.89. The molecule has 0 atom stereocenters. The van der Waals surface area contributed by atoms with Gasteiger partial charge in [-0.2, -0.15) is 13.2 Å². The zero-order chi connectivity index (χ0) is 19.9. The smallest absolute Gasteiger partial charge is 0.339 e. The van der Waals surface area contributed by atoms with E-state index in [4.69, 9.17) is 0 Å². The summed E-state index contributed by atoms with van der Waals surface area (Å²) >= 11 is 1.41. The van der Waals surface area contributed by atoms with E-state index in [9.17, 15) is 17.6 Å². The van der Waals surface area contributed by atoms with E-state index in [2.05, 4.69) is 15.3 Å². The van der Waals surface area contributed by atoms with Crippen molar-refractivity contribution < 1.29 is 17.6 Å². The van der Waals surface area contributed by atoms with Gasteiger partial charge in [0.15, 0.2) is 0 Å². The molecule has 0 amide bonds. The summed E-state index contributed by atoms with van der Waals surface area (Å²) in [4.78, 5) is 9.98. The van der Waals surface area contributed by atoms with Crippen LogP contribution in [0.1, 0.15) is 10.4 Å². The highest BCUT2D eigenvalue weighted by Crippen LogP contribution is 2.42. The number of thiophene rings is 1. The maximum atomic E-state index is 13.3. The molecule has 8 heteroatoms. The first-order chi connectivity index (χ1) is 13.3. The molecule has 0 fully saturated rings. The Morgan fingerprint density at radius 3 is 2.39 bits per heavy atom. The lowest BCUT2D eigenvalue weighted by atomic mass is 10.0. The topological polar surface area (TPSA) is 37.8 Å². The molecule has 28 heavy (non-hydrogen) atoms. The van der Waals surface area contributed by atoms with E-state index in [1.807, 2.05) is 6.92 Å². The second-order valence-electron chi connectivity index (χ2n) is 6.11. The Labute approximate surface area is 161 Å². The molecule has 0 unspecified atom stereocenters. The Bertz CT molecular complexity index is 1150. The number of alkyl halides is 3. The molecule has 0 saturated carbocycles. The van der Waals surface area contributed by atoms with Crippen LogP contribution in [0, 0.1) is 12.7 Å². The summed E-state index contributed by atoms with van der Waals surface area (Å²) in [7, 11) is 0. The maximum absolute atomic E-state index is 13.3. The molecule has 3 nitrogen and oxygen atoms in total. The van der Waals surface area contributed by atoms with E-state index < -0.39 is 11.7 Å². The quantitative estimate of drug-likeness (QED) is 0.393. The van der Waals surface area contributed by atoms with E-state index >= 15 is 0 Å². The number of halogens is 4. The summed E-state index contributed by atoms with van der Waals surface area (Å²) in [6.07, 6.45) is -3.19. The van der Waals surface area contributed by atoms with Crippen molar-refractivity contribution in [1.82, 2.24) is 9.97 Å². The number of nitrogens with zero attached hydrogens (tertiary/aromatic N) is 2. The van der Waals surface area contributed by atoms with Crippen molar-refractivity contribution in [1.29, 1.82) is 0 Å². The van der Waals surface area contributed by atoms with Crippen LogP contribution in [-0.2, 0) is 6.18 Å². The fourth-order valence-corrected chi connectivity index (χ4v) is 4.08. The van der Waals surface area contributed by atoms with Crippen molar-refractivity contribution >= 4 is 33.1 Å². The lowest BCUT2D eigenvalue weighted by Gasteiger charge is -2.15. The third kappa shape index (κ3) is 3.31. The average molecular weight is 403 g/mol. The number of aromatic nitrogens is 2. The lowest BCUT2D eigenvalue weighted by Crippen LogP contribution is -2.09. The van der Waals surface area contributed by atoms with Crippen molar-refractivity contribution in [3.8, 4) is 11.1 Å². The summed E-state index contributed by atoms with van der Waals surface area (Å²) in [5.41, 5.74) is 0.639. The Hall–Kier alpha value is -3.00. The van der Waals surface area contributed by atoms with Gasteiger partial charge in [0.1, 0.15) is 22.8 Å². The minimum absolute atomic E-state index is 0.0936. The highest BCUT2D eigenvalue weighted by molar-refractivity contribution is 7.19. The maximum Gasteiger partial charge on any atom is 0.418 e. The van der Waals surface area contributed by atoms with Crippen LogP contribution in [0.4, 0.5) is 29.1 Å². The third-order valence-corrected chi connectivity index (χ3v) is 5.30. The molecular weight excluding hydrogens is 390 g/mol. The number of aryl methyl sites for hydroxylation is 1. The molecule has 2 heterocycles. The van der Waals surface area contributed by atoms with Gasteiger partial charge >= 0.3 is 6.18 Å². The zero-order valence-corrected chi connectivity index (χ0v) is 15.3. The van der Waals surface area contributed by atoms with Crippen LogP contribution in [-0.4, -0.2) is 9.97 Å². The van der Waals surface area contributed by atoms with Crippen LogP contribution in [0.15, 0.2) is 54.9 Å². The molecule has 0 saturated heterocycles. The Balaban J connectivity index is 1.89. The minimum Gasteiger partial charge on any atom is -0.339 e. The molecule has 2 aromatic heterocycles. The van der Waals surface area contributed by atoms with Crippen LogP contribution in [0.25, 0.3) is 21.3 Å². The first kappa shape index (κ1) is 18.4. The number of nitrogens with one attached hydrogen (secondary N) is 1. The molecular formula is C20H13F4N3S. The fourth-order valence-electron chi connectivity index (χ4n) is 3.07. The number of benzene rings is 2. The van der Waals surface area contributed by atoms with E-state index in [1.54, 1.807) is 12.1 Å². The second-order valence-corrected chi connectivity index (χ2v) is 7.31. The standard InChI is InChI=1S/C20H13F4N3S/c1-11-16(12-6-8-13(21)9-7-12)17-18(25-10-26-19(17)28-11)27-15-5-3-2-4-14(15)20(22,23)24/h2-10H,1H3,(H,25,26,27). The fraction of sp³-hybridized carbons (Fsp3) is 0.100. The number of para-hydroxylation sites is 1. The van der Waals surface area contributed by atoms with Crippen molar-refractivity contribution in [2.75, 3.05) is 5.32 Å². The first-order valence-electron chi connectivity index (χ1n) is 8.28. The molecule has 4 rings (SSSR count). The van der Waals surface area contributed by atoms with Crippen LogP contribution < -0.4 is 5.32 Å². The highest BCUT2D eigenvalue weighted by Gasteiger charge is 2.33. The Morgan fingerprint density at radius 2 is 1.68 bits per heavy atom. The van der Waals surface area contributed by atoms with Gasteiger partial charge in [-0.1, -0.05) is 24.3 Å². The van der Waals surface area contributed by atoms with Gasteiger partial charge in [-0.25, -0.2) is 14.4 Å². The molecule has 0 aliphatic rings. The summed E-state index contributed by atoms with van der Waals surface area (Å²) in [5.74, 6) is -0.0972. The lowest BCUT2D eigenvalue weighted by molar-refractivity contribution is -0.136. The molecule has 0 bridgehead atoms. The van der Waals surface area contributed by atoms with Gasteiger partial charge in [-0.05, 0) is 36.8 Å². The van der Waals surface area contributed by atoms with Gasteiger partial charge in [-0.15, -0.1) is 11.3 Å². The molecule has 0 radical (unpaired) electrons. The third-order valence-electron chi connectivity index (χ3n) is 4.28. The SMILES string of the molecule is Cc1sc2ncnc(Nc3ccccc3C(F)(F)F)c2c1-c1ccc(F)cc1. The van der Waals surface area contributed by atoms with Crippen molar-refractivity contribution in [2.45, 2.75) is 13.1 Å². The van der Waals surface area contributed by atoms with Crippen LogP contribution >= 0.6 is 11.3 Å². The van der Waals surface area contributed by atoms with Gasteiger partial charge in [0.25, 0.3) is 0 Å². The van der Waals surface area contributed by atoms with Crippen molar-refractivity contribution in [3.05, 3.63) is 71.1 Å². The van der Waals surface area contributed by atoms with Crippen molar-refractivity contribution in [3.63, 3.8) is 0 Å². The number of hydrogen-bond donors (Lipinski definition) is 1. The number of hydrogen-bond acceptors (Lipinski definition) is 4. The number of rotatable bonds is 3. The molecule has 0 spiro atoms. The minimum atomic E-state index is -4.50. The largest absolute Gasteiger partial charge is 0.418 e. The predicted octanol–water partition coefficient (Wildman–Crippen LogP) is 6.57. The van der Waals surface area contributed by atoms with E-state index in [0.29, 0.717) is 10.2 Å². The van der Waals surface area contributed by atoms with Crippen LogP contribution in [0.3, 0.4) is 0 Å². The number of fused-ring (bicyclic) bond motifs is 1. The summed E-state index contributed by atoms with van der Waals surface area (Å²) in [6, 6.07) is 11.2.